The Labute approximate surface area is 152 Å². The summed E-state index contributed by atoms with van der Waals surface area (Å²) in [5.41, 5.74) is 0.478. The van der Waals surface area contributed by atoms with Gasteiger partial charge in [0, 0.05) is 18.5 Å². The van der Waals surface area contributed by atoms with E-state index < -0.39 is 15.6 Å². The van der Waals surface area contributed by atoms with Crippen molar-refractivity contribution in [2.45, 2.75) is 65.0 Å². The van der Waals surface area contributed by atoms with E-state index in [4.69, 9.17) is 9.47 Å². The third-order valence-electron chi connectivity index (χ3n) is 4.40. The quantitative estimate of drug-likeness (QED) is 0.646. The van der Waals surface area contributed by atoms with Crippen LogP contribution in [0.3, 0.4) is 0 Å². The molecule has 0 saturated carbocycles. The summed E-state index contributed by atoms with van der Waals surface area (Å²) in [6.07, 6.45) is 4.74. The van der Waals surface area contributed by atoms with E-state index in [0.29, 0.717) is 19.6 Å². The van der Waals surface area contributed by atoms with Gasteiger partial charge < -0.3 is 9.47 Å². The maximum atomic E-state index is 12.4. The van der Waals surface area contributed by atoms with Gasteiger partial charge in [0.1, 0.15) is 17.1 Å². The second-order valence-corrected chi connectivity index (χ2v) is 9.29. The predicted molar refractivity (Wildman–Crippen MR) is 101 cm³/mol. The van der Waals surface area contributed by atoms with E-state index in [1.807, 2.05) is 39.0 Å². The summed E-state index contributed by atoms with van der Waals surface area (Å²) in [5.74, 6) is 1.51. The molecule has 0 saturated heterocycles. The molecule has 0 bridgehead atoms. The van der Waals surface area contributed by atoms with Gasteiger partial charge in [0.15, 0.2) is 0 Å². The van der Waals surface area contributed by atoms with Crippen molar-refractivity contribution in [2.75, 3.05) is 19.4 Å². The van der Waals surface area contributed by atoms with Crippen molar-refractivity contribution in [2.24, 2.45) is 0 Å². The number of fused-ring (bicyclic) bond motifs is 1. The standard InChI is InChI=1S/C19H31NO4S/c1-6-8-12-23-15-9-10-18-16(13-15)17(14-19(3,4)24-18)20(11-7-2)25(5,21)22/h9-10,13,17H,6-8,11-12,14H2,1-5H3. The molecule has 1 aromatic rings. The van der Waals surface area contributed by atoms with Crippen molar-refractivity contribution in [1.29, 1.82) is 0 Å². The molecule has 25 heavy (non-hydrogen) atoms. The van der Waals surface area contributed by atoms with Crippen LogP contribution in [0.15, 0.2) is 18.2 Å². The first kappa shape index (κ1) is 20.0. The first-order valence-electron chi connectivity index (χ1n) is 9.10. The highest BCUT2D eigenvalue weighted by molar-refractivity contribution is 7.88. The fraction of sp³-hybridized carbons (Fsp3) is 0.684. The van der Waals surface area contributed by atoms with Gasteiger partial charge in [-0.3, -0.25) is 0 Å². The smallest absolute Gasteiger partial charge is 0.211 e. The summed E-state index contributed by atoms with van der Waals surface area (Å²) in [6, 6.07) is 5.51. The maximum Gasteiger partial charge on any atom is 0.211 e. The van der Waals surface area contributed by atoms with Crippen LogP contribution in [0.1, 0.15) is 65.0 Å². The summed E-state index contributed by atoms with van der Waals surface area (Å²) in [6.45, 7) is 9.28. The molecule has 0 radical (unpaired) electrons. The molecule has 1 unspecified atom stereocenters. The highest BCUT2D eigenvalue weighted by Crippen LogP contribution is 2.44. The number of benzene rings is 1. The Hall–Kier alpha value is -1.27. The molecule has 0 aromatic heterocycles. The molecule has 0 spiro atoms. The molecule has 1 heterocycles. The van der Waals surface area contributed by atoms with E-state index >= 15 is 0 Å². The Morgan fingerprint density at radius 2 is 2.00 bits per heavy atom. The largest absolute Gasteiger partial charge is 0.494 e. The van der Waals surface area contributed by atoms with Gasteiger partial charge in [-0.05, 0) is 44.9 Å². The van der Waals surface area contributed by atoms with E-state index in [1.165, 1.54) is 6.26 Å². The van der Waals surface area contributed by atoms with Crippen LogP contribution in [-0.4, -0.2) is 37.7 Å². The van der Waals surface area contributed by atoms with Crippen LogP contribution in [0.2, 0.25) is 0 Å². The number of hydrogen-bond donors (Lipinski definition) is 0. The molecule has 0 N–H and O–H groups in total. The third-order valence-corrected chi connectivity index (χ3v) is 5.68. The molecule has 142 valence electrons. The van der Waals surface area contributed by atoms with Gasteiger partial charge in [-0.25, -0.2) is 8.42 Å². The fourth-order valence-corrected chi connectivity index (χ4v) is 4.41. The van der Waals surface area contributed by atoms with Gasteiger partial charge in [0.05, 0.1) is 18.9 Å². The minimum absolute atomic E-state index is 0.233. The highest BCUT2D eigenvalue weighted by atomic mass is 32.2. The molecule has 1 atom stereocenters. The predicted octanol–water partition coefficient (Wildman–Crippen LogP) is 4.14. The van der Waals surface area contributed by atoms with Crippen molar-refractivity contribution >= 4 is 10.0 Å². The Morgan fingerprint density at radius 3 is 2.60 bits per heavy atom. The zero-order valence-electron chi connectivity index (χ0n) is 16.0. The topological polar surface area (TPSA) is 55.8 Å². The Kier molecular flexibility index (Phi) is 6.38. The van der Waals surface area contributed by atoms with E-state index in [9.17, 15) is 8.42 Å². The van der Waals surface area contributed by atoms with Crippen LogP contribution in [0.25, 0.3) is 0 Å². The van der Waals surface area contributed by atoms with Crippen LogP contribution in [0.4, 0.5) is 0 Å². The zero-order chi connectivity index (χ0) is 18.7. The Balaban J connectivity index is 2.41. The first-order valence-corrected chi connectivity index (χ1v) is 11.0. The molecule has 0 fully saturated rings. The fourth-order valence-electron chi connectivity index (χ4n) is 3.25. The first-order chi connectivity index (χ1) is 11.7. The van der Waals surface area contributed by atoms with E-state index in [1.54, 1.807) is 4.31 Å². The van der Waals surface area contributed by atoms with Crippen molar-refractivity contribution in [1.82, 2.24) is 4.31 Å². The van der Waals surface area contributed by atoms with Gasteiger partial charge in [0.2, 0.25) is 10.0 Å². The summed E-state index contributed by atoms with van der Waals surface area (Å²) >= 11 is 0. The van der Waals surface area contributed by atoms with E-state index in [2.05, 4.69) is 6.92 Å². The van der Waals surface area contributed by atoms with Gasteiger partial charge in [-0.1, -0.05) is 20.3 Å². The van der Waals surface area contributed by atoms with Gasteiger partial charge >= 0.3 is 0 Å². The van der Waals surface area contributed by atoms with Crippen LogP contribution in [0, 0.1) is 0 Å². The molecule has 2 rings (SSSR count). The molecule has 1 aliphatic rings. The highest BCUT2D eigenvalue weighted by Gasteiger charge is 2.39. The van der Waals surface area contributed by atoms with E-state index in [-0.39, 0.29) is 6.04 Å². The lowest BCUT2D eigenvalue weighted by molar-refractivity contribution is 0.0502. The molecule has 5 nitrogen and oxygen atoms in total. The lowest BCUT2D eigenvalue weighted by atomic mass is 9.89. The molecule has 0 amide bonds. The van der Waals surface area contributed by atoms with Crippen molar-refractivity contribution in [3.8, 4) is 11.5 Å². The minimum atomic E-state index is -3.32. The molecular weight excluding hydrogens is 338 g/mol. The number of rotatable bonds is 8. The lowest BCUT2D eigenvalue weighted by Gasteiger charge is -2.41. The molecule has 6 heteroatoms. The van der Waals surface area contributed by atoms with Gasteiger partial charge in [0.25, 0.3) is 0 Å². The molecule has 1 aliphatic heterocycles. The summed E-state index contributed by atoms with van der Waals surface area (Å²) in [5, 5.41) is 0. The normalized spacial score (nSPS) is 19.4. The number of nitrogens with zero attached hydrogens (tertiary/aromatic N) is 1. The second-order valence-electron chi connectivity index (χ2n) is 7.36. The minimum Gasteiger partial charge on any atom is -0.494 e. The number of ether oxygens (including phenoxy) is 2. The molecule has 1 aromatic carbocycles. The van der Waals surface area contributed by atoms with Crippen molar-refractivity contribution < 1.29 is 17.9 Å². The summed E-state index contributed by atoms with van der Waals surface area (Å²) in [7, 11) is -3.32. The number of unbranched alkanes of at least 4 members (excludes halogenated alkanes) is 1. The SMILES string of the molecule is CCCCOc1ccc2c(c1)C(N(CCC)S(C)(=O)=O)CC(C)(C)O2. The Bertz CT molecular complexity index is 685. The van der Waals surface area contributed by atoms with Crippen molar-refractivity contribution in [3.05, 3.63) is 23.8 Å². The van der Waals surface area contributed by atoms with Gasteiger partial charge in [-0.2, -0.15) is 4.31 Å². The third kappa shape index (κ3) is 5.11. The lowest BCUT2D eigenvalue weighted by Crippen LogP contribution is -2.43. The van der Waals surface area contributed by atoms with Crippen LogP contribution >= 0.6 is 0 Å². The monoisotopic (exact) mass is 369 g/mol. The summed E-state index contributed by atoms with van der Waals surface area (Å²) < 4.78 is 38.3. The number of sulfonamides is 1. The Morgan fingerprint density at radius 1 is 1.28 bits per heavy atom. The average molecular weight is 370 g/mol. The average Bonchev–Trinajstić information content (AvgIpc) is 2.50. The van der Waals surface area contributed by atoms with Crippen LogP contribution < -0.4 is 9.47 Å². The number of hydrogen-bond acceptors (Lipinski definition) is 4. The van der Waals surface area contributed by atoms with E-state index in [0.717, 1.165) is 36.3 Å². The summed E-state index contributed by atoms with van der Waals surface area (Å²) in [4.78, 5) is 0. The molecule has 0 aliphatic carbocycles. The van der Waals surface area contributed by atoms with Crippen molar-refractivity contribution in [3.63, 3.8) is 0 Å². The zero-order valence-corrected chi connectivity index (χ0v) is 16.9. The maximum absolute atomic E-state index is 12.4. The van der Waals surface area contributed by atoms with Gasteiger partial charge in [-0.15, -0.1) is 0 Å². The molecular formula is C19H31NO4S. The van der Waals surface area contributed by atoms with Crippen LogP contribution in [-0.2, 0) is 10.0 Å². The van der Waals surface area contributed by atoms with Crippen LogP contribution in [0.5, 0.6) is 11.5 Å². The second kappa shape index (κ2) is 7.96.